The molecule has 0 aliphatic heterocycles. The number of aromatic hydroxyl groups is 1. The third-order valence-electron chi connectivity index (χ3n) is 4.39. The molecular weight excluding hydrogens is 382 g/mol. The van der Waals surface area contributed by atoms with E-state index >= 15 is 0 Å². The molecule has 5 nitrogen and oxygen atoms in total. The van der Waals surface area contributed by atoms with Gasteiger partial charge < -0.3 is 10.2 Å². The molecule has 6 heteroatoms. The SMILES string of the molecule is N#Cc1ccc(C(O)c2cccc(C(C#N)C(=N)Sc3ccccc3O)c2)cc1. The molecule has 3 aromatic carbocycles. The summed E-state index contributed by atoms with van der Waals surface area (Å²) in [6, 6.07) is 24.4. The Morgan fingerprint density at radius 3 is 2.24 bits per heavy atom. The summed E-state index contributed by atoms with van der Waals surface area (Å²) in [6.45, 7) is 0. The fraction of sp³-hybridized carbons (Fsp3) is 0.0870. The number of nitrogens with zero attached hydrogens (tertiary/aromatic N) is 2. The number of aliphatic hydroxyl groups is 1. The van der Waals surface area contributed by atoms with Crippen LogP contribution in [0.4, 0.5) is 0 Å². The second-order valence-electron chi connectivity index (χ2n) is 6.30. The van der Waals surface area contributed by atoms with Gasteiger partial charge in [0.25, 0.3) is 0 Å². The van der Waals surface area contributed by atoms with Gasteiger partial charge in [-0.15, -0.1) is 0 Å². The summed E-state index contributed by atoms with van der Waals surface area (Å²) in [4.78, 5) is 0.506. The van der Waals surface area contributed by atoms with Gasteiger partial charge in [0, 0.05) is 0 Å². The zero-order valence-corrected chi connectivity index (χ0v) is 16.1. The Morgan fingerprint density at radius 1 is 0.897 bits per heavy atom. The first-order chi connectivity index (χ1) is 14.0. The van der Waals surface area contributed by atoms with Crippen LogP contribution in [0.15, 0.2) is 77.7 Å². The minimum Gasteiger partial charge on any atom is -0.507 e. The van der Waals surface area contributed by atoms with Gasteiger partial charge in [-0.25, -0.2) is 0 Å². The Morgan fingerprint density at radius 2 is 1.59 bits per heavy atom. The summed E-state index contributed by atoms with van der Waals surface area (Å²) in [5, 5.41) is 47.6. The third kappa shape index (κ3) is 4.64. The molecule has 0 heterocycles. The Balaban J connectivity index is 1.84. The first-order valence-electron chi connectivity index (χ1n) is 8.75. The van der Waals surface area contributed by atoms with E-state index in [1.54, 1.807) is 66.7 Å². The number of aliphatic hydroxyl groups excluding tert-OH is 1. The van der Waals surface area contributed by atoms with Crippen molar-refractivity contribution < 1.29 is 10.2 Å². The quantitative estimate of drug-likeness (QED) is 0.326. The molecule has 3 rings (SSSR count). The van der Waals surface area contributed by atoms with Gasteiger partial charge >= 0.3 is 0 Å². The van der Waals surface area contributed by atoms with Crippen molar-refractivity contribution in [3.63, 3.8) is 0 Å². The number of phenols is 1. The first kappa shape index (κ1) is 20.2. The molecule has 0 spiro atoms. The Labute approximate surface area is 173 Å². The minimum atomic E-state index is -0.915. The average Bonchev–Trinajstić information content (AvgIpc) is 2.75. The number of nitriles is 2. The zero-order chi connectivity index (χ0) is 20.8. The first-order valence-corrected chi connectivity index (χ1v) is 9.57. The van der Waals surface area contributed by atoms with Crippen molar-refractivity contribution in [2.45, 2.75) is 16.9 Å². The number of benzene rings is 3. The fourth-order valence-corrected chi connectivity index (χ4v) is 3.71. The standard InChI is InChI=1S/C23H17N3O2S/c24-13-15-8-10-16(11-9-15)22(28)18-5-3-4-17(12-18)19(14-25)23(26)29-21-7-2-1-6-20(21)27/h1-12,19,22,26-28H. The smallest absolute Gasteiger partial charge is 0.129 e. The third-order valence-corrected chi connectivity index (χ3v) is 5.41. The molecule has 3 N–H and O–H groups in total. The van der Waals surface area contributed by atoms with Gasteiger partial charge in [0.2, 0.25) is 0 Å². The summed E-state index contributed by atoms with van der Waals surface area (Å²) < 4.78 is 0. The average molecular weight is 399 g/mol. The zero-order valence-electron chi connectivity index (χ0n) is 15.3. The second kappa shape index (κ2) is 9.07. The molecule has 0 aliphatic rings. The highest BCUT2D eigenvalue weighted by molar-refractivity contribution is 8.14. The highest BCUT2D eigenvalue weighted by Crippen LogP contribution is 2.34. The van der Waals surface area contributed by atoms with Crippen LogP contribution in [-0.4, -0.2) is 15.3 Å². The lowest BCUT2D eigenvalue weighted by Gasteiger charge is -2.16. The van der Waals surface area contributed by atoms with Crippen LogP contribution in [0.2, 0.25) is 0 Å². The van der Waals surface area contributed by atoms with E-state index in [0.717, 1.165) is 11.8 Å². The minimum absolute atomic E-state index is 0.0592. The lowest BCUT2D eigenvalue weighted by molar-refractivity contribution is 0.220. The lowest BCUT2D eigenvalue weighted by Crippen LogP contribution is -2.08. The number of phenolic OH excluding ortho intramolecular Hbond substituents is 1. The van der Waals surface area contributed by atoms with Gasteiger partial charge in [-0.3, -0.25) is 5.41 Å². The maximum absolute atomic E-state index is 10.7. The van der Waals surface area contributed by atoms with Crippen LogP contribution >= 0.6 is 11.8 Å². The van der Waals surface area contributed by atoms with Crippen LogP contribution < -0.4 is 0 Å². The van der Waals surface area contributed by atoms with Gasteiger partial charge in [0.15, 0.2) is 0 Å². The van der Waals surface area contributed by atoms with Crippen LogP contribution in [-0.2, 0) is 0 Å². The van der Waals surface area contributed by atoms with E-state index in [1.807, 2.05) is 6.07 Å². The van der Waals surface area contributed by atoms with E-state index in [4.69, 9.17) is 10.7 Å². The van der Waals surface area contributed by atoms with Crippen molar-refractivity contribution in [3.8, 4) is 17.9 Å². The van der Waals surface area contributed by atoms with Gasteiger partial charge in [-0.05, 0) is 41.0 Å². The molecule has 142 valence electrons. The molecule has 0 radical (unpaired) electrons. The van der Waals surface area contributed by atoms with Gasteiger partial charge in [-0.1, -0.05) is 60.3 Å². The predicted molar refractivity (Wildman–Crippen MR) is 112 cm³/mol. The van der Waals surface area contributed by atoms with Crippen molar-refractivity contribution in [2.24, 2.45) is 0 Å². The van der Waals surface area contributed by atoms with E-state index in [1.165, 1.54) is 6.07 Å². The Hall–Kier alpha value is -3.58. The predicted octanol–water partition coefficient (Wildman–Crippen LogP) is 4.72. The van der Waals surface area contributed by atoms with Gasteiger partial charge in [0.1, 0.15) is 17.8 Å². The molecule has 0 fully saturated rings. The molecule has 0 saturated carbocycles. The molecule has 3 aromatic rings. The fourth-order valence-electron chi connectivity index (χ4n) is 2.85. The molecular formula is C23H17N3O2S. The maximum Gasteiger partial charge on any atom is 0.129 e. The molecule has 2 atom stereocenters. The normalized spacial score (nSPS) is 12.4. The lowest BCUT2D eigenvalue weighted by atomic mass is 9.94. The van der Waals surface area contributed by atoms with E-state index in [-0.39, 0.29) is 10.8 Å². The van der Waals surface area contributed by atoms with Crippen LogP contribution in [0.3, 0.4) is 0 Å². The topological polar surface area (TPSA) is 112 Å². The van der Waals surface area contributed by atoms with E-state index in [2.05, 4.69) is 6.07 Å². The monoisotopic (exact) mass is 399 g/mol. The highest BCUT2D eigenvalue weighted by atomic mass is 32.2. The summed E-state index contributed by atoms with van der Waals surface area (Å²) in [6.07, 6.45) is -0.915. The number of rotatable bonds is 5. The number of hydrogen-bond donors (Lipinski definition) is 3. The van der Waals surface area contributed by atoms with Crippen LogP contribution in [0.25, 0.3) is 0 Å². The number of thioether (sulfide) groups is 1. The van der Waals surface area contributed by atoms with E-state index < -0.39 is 12.0 Å². The molecule has 0 amide bonds. The maximum atomic E-state index is 10.7. The van der Waals surface area contributed by atoms with Gasteiger partial charge in [-0.2, -0.15) is 10.5 Å². The number of para-hydroxylation sites is 1. The molecule has 2 unspecified atom stereocenters. The molecule has 0 aromatic heterocycles. The summed E-state index contributed by atoms with van der Waals surface area (Å²) in [5.74, 6) is -0.767. The number of hydrogen-bond acceptors (Lipinski definition) is 6. The Kier molecular flexibility index (Phi) is 6.31. The summed E-state index contributed by atoms with van der Waals surface area (Å²) in [7, 11) is 0. The van der Waals surface area contributed by atoms with Crippen molar-refractivity contribution in [3.05, 3.63) is 95.1 Å². The van der Waals surface area contributed by atoms with E-state index in [0.29, 0.717) is 27.1 Å². The van der Waals surface area contributed by atoms with Crippen LogP contribution in [0, 0.1) is 28.1 Å². The van der Waals surface area contributed by atoms with Crippen molar-refractivity contribution in [2.75, 3.05) is 0 Å². The number of nitrogens with one attached hydrogen (secondary N) is 1. The van der Waals surface area contributed by atoms with Crippen molar-refractivity contribution in [1.29, 1.82) is 15.9 Å². The molecule has 29 heavy (non-hydrogen) atoms. The molecule has 0 saturated heterocycles. The van der Waals surface area contributed by atoms with Gasteiger partial charge in [0.05, 0.1) is 27.6 Å². The van der Waals surface area contributed by atoms with E-state index in [9.17, 15) is 15.5 Å². The Bertz CT molecular complexity index is 1110. The largest absolute Gasteiger partial charge is 0.507 e. The summed E-state index contributed by atoms with van der Waals surface area (Å²) >= 11 is 1.03. The van der Waals surface area contributed by atoms with Crippen molar-refractivity contribution in [1.82, 2.24) is 0 Å². The van der Waals surface area contributed by atoms with Crippen LogP contribution in [0.1, 0.15) is 34.3 Å². The second-order valence-corrected chi connectivity index (χ2v) is 7.39. The molecule has 0 aliphatic carbocycles. The summed E-state index contributed by atoms with van der Waals surface area (Å²) in [5.41, 5.74) is 2.32. The van der Waals surface area contributed by atoms with Crippen molar-refractivity contribution >= 4 is 16.8 Å². The van der Waals surface area contributed by atoms with Crippen LogP contribution in [0.5, 0.6) is 5.75 Å². The molecule has 0 bridgehead atoms. The highest BCUT2D eigenvalue weighted by Gasteiger charge is 2.20.